The summed E-state index contributed by atoms with van der Waals surface area (Å²) in [5.74, 6) is -3.83. The minimum Gasteiger partial charge on any atom is -0.347 e. The maximum absolute atomic E-state index is 14.7. The highest BCUT2D eigenvalue weighted by Crippen LogP contribution is 2.41. The number of likely N-dealkylation sites (N-methyl/N-ethyl adjacent to an activating group) is 1. The lowest BCUT2D eigenvalue weighted by molar-refractivity contribution is -0.146. The number of hydrogen-bond donors (Lipinski definition) is 2. The van der Waals surface area contributed by atoms with E-state index in [1.54, 1.807) is 27.9 Å². The summed E-state index contributed by atoms with van der Waals surface area (Å²) in [5, 5.41) is 12.2. The Morgan fingerprint density at radius 1 is 1.33 bits per heavy atom. The third-order valence-corrected chi connectivity index (χ3v) is 5.89. The number of rotatable bonds is 5. The number of hydrogen-bond acceptors (Lipinski definition) is 5. The number of allylic oxidation sites excluding steroid dienone is 2. The standard InChI is InChI=1S/C19H28BrFN6O3/c1-8-9-27(7)17(30)16(29)24-19(3)11(2)14(12(21)10-13(19)20)15(28)23-18(25-22-4)26(5)6/h10-11H,4,8-9H2,1-3,5-7H3,(H,24,29)(H,23,25,28). The Bertz CT molecular complexity index is 823. The van der Waals surface area contributed by atoms with Gasteiger partial charge in [0.05, 0.1) is 11.1 Å². The van der Waals surface area contributed by atoms with Crippen molar-refractivity contribution in [2.24, 2.45) is 16.1 Å². The average Bonchev–Trinajstić information content (AvgIpc) is 2.65. The Hall–Kier alpha value is -2.56. The van der Waals surface area contributed by atoms with Gasteiger partial charge in [0.2, 0.25) is 5.96 Å². The maximum atomic E-state index is 14.7. The van der Waals surface area contributed by atoms with E-state index in [4.69, 9.17) is 0 Å². The van der Waals surface area contributed by atoms with E-state index >= 15 is 0 Å². The molecule has 0 radical (unpaired) electrons. The van der Waals surface area contributed by atoms with Gasteiger partial charge in [0.15, 0.2) is 0 Å². The minimum absolute atomic E-state index is 0.0678. The first-order chi connectivity index (χ1) is 13.9. The average molecular weight is 487 g/mol. The van der Waals surface area contributed by atoms with Crippen molar-refractivity contribution in [3.63, 3.8) is 0 Å². The molecule has 3 amide bonds. The van der Waals surface area contributed by atoms with E-state index in [1.165, 1.54) is 16.8 Å². The van der Waals surface area contributed by atoms with Crippen molar-refractivity contribution in [3.8, 4) is 0 Å². The van der Waals surface area contributed by atoms with Gasteiger partial charge in [-0.1, -0.05) is 29.8 Å². The molecule has 30 heavy (non-hydrogen) atoms. The zero-order valence-corrected chi connectivity index (χ0v) is 19.6. The van der Waals surface area contributed by atoms with E-state index in [0.717, 1.165) is 6.08 Å². The van der Waals surface area contributed by atoms with E-state index in [0.29, 0.717) is 17.4 Å². The van der Waals surface area contributed by atoms with Crippen LogP contribution in [0.3, 0.4) is 0 Å². The Morgan fingerprint density at radius 3 is 2.43 bits per heavy atom. The zero-order valence-electron chi connectivity index (χ0n) is 18.0. The quantitative estimate of drug-likeness (QED) is 0.266. The Labute approximate surface area is 184 Å². The third-order valence-electron chi connectivity index (χ3n) is 4.84. The Balaban J connectivity index is 3.20. The van der Waals surface area contributed by atoms with Gasteiger partial charge >= 0.3 is 11.8 Å². The topological polar surface area (TPSA) is 106 Å². The molecular weight excluding hydrogens is 459 g/mol. The molecule has 11 heteroatoms. The molecule has 0 aromatic carbocycles. The third kappa shape index (κ3) is 5.53. The molecule has 1 aliphatic rings. The smallest absolute Gasteiger partial charge is 0.311 e. The molecule has 0 aromatic rings. The molecule has 1 aliphatic carbocycles. The van der Waals surface area contributed by atoms with Crippen LogP contribution in [-0.2, 0) is 14.4 Å². The predicted molar refractivity (Wildman–Crippen MR) is 118 cm³/mol. The first-order valence-electron chi connectivity index (χ1n) is 9.27. The lowest BCUT2D eigenvalue weighted by Gasteiger charge is -2.40. The molecule has 9 nitrogen and oxygen atoms in total. The molecule has 0 spiro atoms. The lowest BCUT2D eigenvalue weighted by atomic mass is 9.77. The molecule has 0 fully saturated rings. The van der Waals surface area contributed by atoms with E-state index in [2.05, 4.69) is 43.5 Å². The van der Waals surface area contributed by atoms with Crippen LogP contribution in [0.15, 0.2) is 32.2 Å². The van der Waals surface area contributed by atoms with E-state index in [1.807, 2.05) is 6.92 Å². The summed E-state index contributed by atoms with van der Waals surface area (Å²) < 4.78 is 15.0. The van der Waals surface area contributed by atoms with Gasteiger partial charge in [-0.3, -0.25) is 19.7 Å². The summed E-state index contributed by atoms with van der Waals surface area (Å²) in [5.41, 5.74) is -1.43. The minimum atomic E-state index is -1.23. The molecule has 0 aromatic heterocycles. The van der Waals surface area contributed by atoms with E-state index in [9.17, 15) is 18.8 Å². The van der Waals surface area contributed by atoms with Crippen LogP contribution >= 0.6 is 15.9 Å². The molecule has 0 bridgehead atoms. The van der Waals surface area contributed by atoms with Gasteiger partial charge in [-0.15, -0.1) is 5.10 Å². The summed E-state index contributed by atoms with van der Waals surface area (Å²) in [6, 6.07) is 0. The number of halogens is 2. The van der Waals surface area contributed by atoms with Crippen LogP contribution < -0.4 is 10.6 Å². The molecule has 2 atom stereocenters. The Kier molecular flexibility index (Phi) is 8.89. The Morgan fingerprint density at radius 2 is 1.93 bits per heavy atom. The fourth-order valence-electron chi connectivity index (χ4n) is 2.88. The second-order valence-electron chi connectivity index (χ2n) is 7.27. The number of carbonyl (C=O) groups is 3. The largest absolute Gasteiger partial charge is 0.347 e. The second-order valence-corrected chi connectivity index (χ2v) is 8.13. The van der Waals surface area contributed by atoms with Gasteiger partial charge in [0.1, 0.15) is 5.83 Å². The molecule has 1 rings (SSSR count). The molecule has 166 valence electrons. The van der Waals surface area contributed by atoms with Crippen LogP contribution in [-0.4, -0.2) is 73.4 Å². The van der Waals surface area contributed by atoms with Gasteiger partial charge in [0.25, 0.3) is 5.91 Å². The summed E-state index contributed by atoms with van der Waals surface area (Å²) in [6.45, 7) is 8.74. The van der Waals surface area contributed by atoms with Crippen LogP contribution in [0.5, 0.6) is 0 Å². The molecule has 2 N–H and O–H groups in total. The lowest BCUT2D eigenvalue weighted by Crippen LogP contribution is -2.57. The highest BCUT2D eigenvalue weighted by atomic mass is 79.9. The van der Waals surface area contributed by atoms with Gasteiger partial charge in [-0.2, -0.15) is 5.10 Å². The maximum Gasteiger partial charge on any atom is 0.311 e. The number of amides is 3. The van der Waals surface area contributed by atoms with Crippen molar-refractivity contribution in [1.82, 2.24) is 20.4 Å². The number of carbonyl (C=O) groups excluding carboxylic acids is 3. The summed E-state index contributed by atoms with van der Waals surface area (Å²) in [7, 11) is 4.77. The molecule has 0 aliphatic heterocycles. The van der Waals surface area contributed by atoms with Crippen LogP contribution in [0, 0.1) is 5.92 Å². The van der Waals surface area contributed by atoms with E-state index in [-0.39, 0.29) is 11.5 Å². The molecule has 0 saturated heterocycles. The van der Waals surface area contributed by atoms with Gasteiger partial charge in [0, 0.05) is 44.8 Å². The predicted octanol–water partition coefficient (Wildman–Crippen LogP) is 1.53. The van der Waals surface area contributed by atoms with Crippen molar-refractivity contribution in [2.75, 3.05) is 27.7 Å². The van der Waals surface area contributed by atoms with E-state index < -0.39 is 35.0 Å². The number of guanidine groups is 1. The van der Waals surface area contributed by atoms with Crippen molar-refractivity contribution in [2.45, 2.75) is 32.7 Å². The zero-order chi connectivity index (χ0) is 23.2. The van der Waals surface area contributed by atoms with Gasteiger partial charge in [-0.05, 0) is 19.4 Å². The van der Waals surface area contributed by atoms with Crippen molar-refractivity contribution in [1.29, 1.82) is 0 Å². The second kappa shape index (κ2) is 10.5. The molecule has 0 saturated carbocycles. The fourth-order valence-corrected chi connectivity index (χ4v) is 3.52. The van der Waals surface area contributed by atoms with Crippen LogP contribution in [0.1, 0.15) is 27.2 Å². The number of nitrogens with one attached hydrogen (secondary N) is 2. The van der Waals surface area contributed by atoms with Crippen molar-refractivity contribution in [3.05, 3.63) is 22.0 Å². The summed E-state index contributed by atoms with van der Waals surface area (Å²) in [6.07, 6.45) is 1.80. The molecule has 2 unspecified atom stereocenters. The highest BCUT2D eigenvalue weighted by Gasteiger charge is 2.45. The number of nitrogens with zero attached hydrogens (tertiary/aromatic N) is 4. The fraction of sp³-hybridized carbons (Fsp3) is 0.526. The van der Waals surface area contributed by atoms with Gasteiger partial charge in [-0.25, -0.2) is 4.39 Å². The van der Waals surface area contributed by atoms with Crippen molar-refractivity contribution < 1.29 is 18.8 Å². The molecular formula is C19H28BrFN6O3. The highest BCUT2D eigenvalue weighted by molar-refractivity contribution is 9.11. The van der Waals surface area contributed by atoms with Crippen LogP contribution in [0.2, 0.25) is 0 Å². The first-order valence-corrected chi connectivity index (χ1v) is 10.1. The SMILES string of the molecule is C=N/N=C(/NC(=O)C1=C(F)C=C(Br)C(C)(NC(=O)C(=O)N(C)CCC)C1C)N(C)C. The summed E-state index contributed by atoms with van der Waals surface area (Å²) >= 11 is 3.27. The normalized spacial score (nSPS) is 21.5. The molecule has 0 heterocycles. The van der Waals surface area contributed by atoms with Gasteiger partial charge < -0.3 is 15.1 Å². The van der Waals surface area contributed by atoms with Crippen molar-refractivity contribution >= 4 is 46.3 Å². The summed E-state index contributed by atoms with van der Waals surface area (Å²) in [4.78, 5) is 40.4. The monoisotopic (exact) mass is 486 g/mol. The first kappa shape index (κ1) is 25.5. The van der Waals surface area contributed by atoms with Crippen LogP contribution in [0.4, 0.5) is 4.39 Å². The van der Waals surface area contributed by atoms with Crippen LogP contribution in [0.25, 0.3) is 0 Å².